The third kappa shape index (κ3) is 8.61. The fourth-order valence-corrected chi connectivity index (χ4v) is 1.78. The summed E-state index contributed by atoms with van der Waals surface area (Å²) in [4.78, 5) is 4.30. The van der Waals surface area contributed by atoms with Crippen LogP contribution in [0.1, 0.15) is 18.1 Å². The van der Waals surface area contributed by atoms with E-state index in [1.165, 1.54) is 0 Å². The van der Waals surface area contributed by atoms with Crippen LogP contribution >= 0.6 is 0 Å². The largest absolute Gasteiger partial charge is 0.383 e. The van der Waals surface area contributed by atoms with Crippen LogP contribution in [0.15, 0.2) is 29.3 Å². The fourth-order valence-electron chi connectivity index (χ4n) is 1.78. The number of nitrogens with two attached hydrogens (primary N) is 1. The molecule has 22 heavy (non-hydrogen) atoms. The Balaban J connectivity index is 2.35. The molecule has 0 bridgehead atoms. The van der Waals surface area contributed by atoms with Crippen molar-refractivity contribution in [2.75, 3.05) is 40.1 Å². The highest BCUT2D eigenvalue weighted by Crippen LogP contribution is 2.08. The molecule has 0 amide bonds. The van der Waals surface area contributed by atoms with Crippen LogP contribution < -0.4 is 11.1 Å². The molecule has 0 aliphatic heterocycles. The van der Waals surface area contributed by atoms with Gasteiger partial charge in [0.2, 0.25) is 0 Å². The fraction of sp³-hybridized carbons (Fsp3) is 0.562. The van der Waals surface area contributed by atoms with Crippen molar-refractivity contribution in [2.45, 2.75) is 20.1 Å². The van der Waals surface area contributed by atoms with E-state index in [0.717, 1.165) is 17.7 Å². The number of nitrogens with zero attached hydrogens (tertiary/aromatic N) is 1. The molecular weight excluding hydrogens is 282 g/mol. The van der Waals surface area contributed by atoms with E-state index >= 15 is 0 Å². The molecule has 3 N–H and O–H groups in total. The lowest BCUT2D eigenvalue weighted by Crippen LogP contribution is -2.34. The van der Waals surface area contributed by atoms with Crippen molar-refractivity contribution >= 4 is 5.96 Å². The van der Waals surface area contributed by atoms with Gasteiger partial charge < -0.3 is 25.3 Å². The monoisotopic (exact) mass is 309 g/mol. The van der Waals surface area contributed by atoms with Gasteiger partial charge in [0.25, 0.3) is 0 Å². The van der Waals surface area contributed by atoms with E-state index in [0.29, 0.717) is 45.5 Å². The minimum atomic E-state index is 0.426. The highest BCUT2D eigenvalue weighted by molar-refractivity contribution is 5.77. The second kappa shape index (κ2) is 12.0. The van der Waals surface area contributed by atoms with E-state index in [2.05, 4.69) is 16.4 Å². The first-order valence-electron chi connectivity index (χ1n) is 7.52. The number of nitrogens with one attached hydrogen (secondary N) is 1. The van der Waals surface area contributed by atoms with E-state index in [9.17, 15) is 0 Å². The van der Waals surface area contributed by atoms with Crippen molar-refractivity contribution in [2.24, 2.45) is 10.7 Å². The normalized spacial score (nSPS) is 11.6. The Bertz CT molecular complexity index is 438. The first kappa shape index (κ1) is 18.4. The molecular formula is C16H27N3O3. The Kier molecular flexibility index (Phi) is 10.0. The Hall–Kier alpha value is -1.63. The van der Waals surface area contributed by atoms with Crippen LogP contribution in [0.4, 0.5) is 0 Å². The third-order valence-electron chi connectivity index (χ3n) is 2.88. The number of hydrogen-bond acceptors (Lipinski definition) is 4. The molecule has 0 saturated heterocycles. The van der Waals surface area contributed by atoms with Crippen molar-refractivity contribution in [3.05, 3.63) is 35.4 Å². The molecule has 1 rings (SSSR count). The van der Waals surface area contributed by atoms with E-state index < -0.39 is 0 Å². The lowest BCUT2D eigenvalue weighted by atomic mass is 10.1. The van der Waals surface area contributed by atoms with Crippen LogP contribution in [0.25, 0.3) is 0 Å². The topological polar surface area (TPSA) is 78.1 Å². The predicted molar refractivity (Wildman–Crippen MR) is 87.8 cm³/mol. The van der Waals surface area contributed by atoms with Gasteiger partial charge in [-0.25, -0.2) is 4.99 Å². The summed E-state index contributed by atoms with van der Waals surface area (Å²) in [5.41, 5.74) is 7.99. The number of rotatable bonds is 11. The molecule has 0 unspecified atom stereocenters. The summed E-state index contributed by atoms with van der Waals surface area (Å²) in [5, 5.41) is 2.99. The van der Waals surface area contributed by atoms with E-state index in [-0.39, 0.29) is 0 Å². The summed E-state index contributed by atoms with van der Waals surface area (Å²) in [6.07, 6.45) is 0. The second-order valence-electron chi connectivity index (χ2n) is 4.69. The van der Waals surface area contributed by atoms with Gasteiger partial charge in [-0.3, -0.25) is 0 Å². The van der Waals surface area contributed by atoms with Crippen LogP contribution in [0.3, 0.4) is 0 Å². The molecule has 6 heteroatoms. The summed E-state index contributed by atoms with van der Waals surface area (Å²) in [7, 11) is 1.65. The minimum Gasteiger partial charge on any atom is -0.383 e. The summed E-state index contributed by atoms with van der Waals surface area (Å²) in [5.74, 6) is 0.426. The SMILES string of the molecule is CCOCCOCc1cccc(CN=C(N)NCCOC)c1. The van der Waals surface area contributed by atoms with Crippen molar-refractivity contribution in [3.63, 3.8) is 0 Å². The van der Waals surface area contributed by atoms with Gasteiger partial charge in [-0.2, -0.15) is 0 Å². The van der Waals surface area contributed by atoms with Gasteiger partial charge in [0.05, 0.1) is 33.0 Å². The molecule has 0 aromatic heterocycles. The summed E-state index contributed by atoms with van der Waals surface area (Å²) >= 11 is 0. The van der Waals surface area contributed by atoms with Gasteiger partial charge in [-0.15, -0.1) is 0 Å². The maximum absolute atomic E-state index is 5.77. The van der Waals surface area contributed by atoms with Crippen LogP contribution in [0.2, 0.25) is 0 Å². The smallest absolute Gasteiger partial charge is 0.188 e. The number of ether oxygens (including phenoxy) is 3. The van der Waals surface area contributed by atoms with E-state index in [1.54, 1.807) is 7.11 Å². The molecule has 0 atom stereocenters. The Morgan fingerprint density at radius 1 is 1.18 bits per heavy atom. The van der Waals surface area contributed by atoms with Crippen molar-refractivity contribution in [1.29, 1.82) is 0 Å². The first-order chi connectivity index (χ1) is 10.8. The highest BCUT2D eigenvalue weighted by Gasteiger charge is 1.98. The quantitative estimate of drug-likeness (QED) is 0.366. The number of aliphatic imine (C=N–C) groups is 1. The average Bonchev–Trinajstić information content (AvgIpc) is 2.53. The average molecular weight is 309 g/mol. The maximum atomic E-state index is 5.77. The van der Waals surface area contributed by atoms with Crippen LogP contribution in [0.5, 0.6) is 0 Å². The molecule has 0 radical (unpaired) electrons. The third-order valence-corrected chi connectivity index (χ3v) is 2.88. The zero-order valence-corrected chi connectivity index (χ0v) is 13.5. The first-order valence-corrected chi connectivity index (χ1v) is 7.52. The molecule has 124 valence electrons. The van der Waals surface area contributed by atoms with Crippen LogP contribution in [-0.2, 0) is 27.4 Å². The molecule has 0 heterocycles. The van der Waals surface area contributed by atoms with Gasteiger partial charge in [0.15, 0.2) is 5.96 Å². The zero-order valence-electron chi connectivity index (χ0n) is 13.5. The summed E-state index contributed by atoms with van der Waals surface area (Å²) < 4.78 is 15.7. The van der Waals surface area contributed by atoms with Gasteiger partial charge in [0, 0.05) is 20.3 Å². The van der Waals surface area contributed by atoms with Gasteiger partial charge >= 0.3 is 0 Å². The molecule has 0 spiro atoms. The molecule has 0 saturated carbocycles. The molecule has 1 aromatic rings. The molecule has 1 aromatic carbocycles. The summed E-state index contributed by atoms with van der Waals surface area (Å²) in [6.45, 7) is 6.29. The van der Waals surface area contributed by atoms with Gasteiger partial charge in [-0.05, 0) is 18.1 Å². The van der Waals surface area contributed by atoms with E-state index in [4.69, 9.17) is 19.9 Å². The van der Waals surface area contributed by atoms with Crippen LogP contribution in [-0.4, -0.2) is 46.0 Å². The van der Waals surface area contributed by atoms with Crippen molar-refractivity contribution in [3.8, 4) is 0 Å². The number of methoxy groups -OCH3 is 1. The maximum Gasteiger partial charge on any atom is 0.188 e. The number of benzene rings is 1. The van der Waals surface area contributed by atoms with Crippen LogP contribution in [0, 0.1) is 0 Å². The van der Waals surface area contributed by atoms with Gasteiger partial charge in [0.1, 0.15) is 0 Å². The summed E-state index contributed by atoms with van der Waals surface area (Å²) in [6, 6.07) is 8.14. The molecule has 0 aliphatic carbocycles. The van der Waals surface area contributed by atoms with Crippen molar-refractivity contribution in [1.82, 2.24) is 5.32 Å². The van der Waals surface area contributed by atoms with Gasteiger partial charge in [-0.1, -0.05) is 24.3 Å². The Morgan fingerprint density at radius 2 is 1.95 bits per heavy atom. The number of guanidine groups is 1. The highest BCUT2D eigenvalue weighted by atomic mass is 16.5. The van der Waals surface area contributed by atoms with E-state index in [1.807, 2.05) is 25.1 Å². The minimum absolute atomic E-state index is 0.426. The van der Waals surface area contributed by atoms with Crippen molar-refractivity contribution < 1.29 is 14.2 Å². The number of hydrogen-bond donors (Lipinski definition) is 2. The molecule has 0 fully saturated rings. The predicted octanol–water partition coefficient (Wildman–Crippen LogP) is 1.29. The standard InChI is InChI=1S/C16H27N3O3/c1-3-21-9-10-22-13-15-6-4-5-14(11-15)12-19-16(17)18-7-8-20-2/h4-6,11H,3,7-10,12-13H2,1-2H3,(H3,17,18,19). The molecule has 6 nitrogen and oxygen atoms in total. The second-order valence-corrected chi connectivity index (χ2v) is 4.69. The Labute approximate surface area is 132 Å². The zero-order chi connectivity index (χ0) is 16.0. The Morgan fingerprint density at radius 3 is 2.73 bits per heavy atom. The molecule has 0 aliphatic rings. The lowest BCUT2D eigenvalue weighted by molar-refractivity contribution is 0.0453. The lowest BCUT2D eigenvalue weighted by Gasteiger charge is -2.07.